The van der Waals surface area contributed by atoms with Crippen molar-refractivity contribution in [3.63, 3.8) is 0 Å². The Labute approximate surface area is 87.0 Å². The van der Waals surface area contributed by atoms with E-state index in [1.807, 2.05) is 0 Å². The van der Waals surface area contributed by atoms with Crippen LogP contribution >= 0.6 is 0 Å². The molecule has 1 rings (SSSR count). The third-order valence-corrected chi connectivity index (χ3v) is 3.25. The molecule has 2 heteroatoms. The first-order valence-corrected chi connectivity index (χ1v) is 5.55. The zero-order chi connectivity index (χ0) is 10.4. The molecule has 0 aromatic rings. The largest absolute Gasteiger partial charge is 0.330 e. The van der Waals surface area contributed by atoms with Gasteiger partial charge in [-0.2, -0.15) is 0 Å². The molecule has 0 aliphatic heterocycles. The van der Waals surface area contributed by atoms with Crippen LogP contribution in [0.5, 0.6) is 0 Å². The second-order valence-electron chi connectivity index (χ2n) is 4.13. The minimum Gasteiger partial charge on any atom is -0.330 e. The van der Waals surface area contributed by atoms with Crippen LogP contribution in [0.3, 0.4) is 0 Å². The van der Waals surface area contributed by atoms with Crippen LogP contribution in [-0.4, -0.2) is 13.1 Å². The molecule has 2 unspecified atom stereocenters. The summed E-state index contributed by atoms with van der Waals surface area (Å²) in [5.74, 6) is 0.420. The molecule has 80 valence electrons. The summed E-state index contributed by atoms with van der Waals surface area (Å²) in [5.41, 5.74) is 11.8. The fourth-order valence-corrected chi connectivity index (χ4v) is 2.17. The minimum absolute atomic E-state index is 0.125. The van der Waals surface area contributed by atoms with Gasteiger partial charge in [0, 0.05) is 12.0 Å². The molecule has 2 nitrogen and oxygen atoms in total. The molecule has 0 fully saturated rings. The Bertz CT molecular complexity index is 220. The summed E-state index contributed by atoms with van der Waals surface area (Å²) >= 11 is 0. The van der Waals surface area contributed by atoms with E-state index in [-0.39, 0.29) is 5.41 Å². The average Bonchev–Trinajstić information content (AvgIpc) is 2.26. The molecule has 0 bridgehead atoms. The van der Waals surface area contributed by atoms with Crippen LogP contribution in [0.4, 0.5) is 0 Å². The van der Waals surface area contributed by atoms with Gasteiger partial charge in [-0.25, -0.2) is 0 Å². The number of hydrogen-bond acceptors (Lipinski definition) is 2. The Morgan fingerprint density at radius 2 is 2.07 bits per heavy atom. The molecule has 1 aliphatic rings. The summed E-state index contributed by atoms with van der Waals surface area (Å²) in [6.45, 7) is 3.61. The molecule has 4 N–H and O–H groups in total. The van der Waals surface area contributed by atoms with Gasteiger partial charge in [0.25, 0.3) is 0 Å². The Kier molecular flexibility index (Phi) is 4.36. The van der Waals surface area contributed by atoms with E-state index in [4.69, 9.17) is 11.5 Å². The number of nitrogens with two attached hydrogens (primary N) is 2. The van der Waals surface area contributed by atoms with Crippen molar-refractivity contribution >= 4 is 0 Å². The second-order valence-corrected chi connectivity index (χ2v) is 4.13. The van der Waals surface area contributed by atoms with Crippen molar-refractivity contribution in [3.8, 4) is 0 Å². The molecule has 2 atom stereocenters. The molecule has 1 aliphatic carbocycles. The van der Waals surface area contributed by atoms with Crippen LogP contribution in [0.1, 0.15) is 26.2 Å². The number of hydrogen-bond donors (Lipinski definition) is 2. The van der Waals surface area contributed by atoms with Crippen LogP contribution in [0.2, 0.25) is 0 Å². The predicted molar refractivity (Wildman–Crippen MR) is 61.8 cm³/mol. The smallest absolute Gasteiger partial charge is 0.00823 e. The molecule has 14 heavy (non-hydrogen) atoms. The van der Waals surface area contributed by atoms with Crippen molar-refractivity contribution < 1.29 is 0 Å². The van der Waals surface area contributed by atoms with Crippen molar-refractivity contribution in [1.82, 2.24) is 0 Å². The summed E-state index contributed by atoms with van der Waals surface area (Å²) in [6, 6.07) is 0. The molecule has 0 spiro atoms. The molecular weight excluding hydrogens is 172 g/mol. The zero-order valence-electron chi connectivity index (χ0n) is 9.08. The first kappa shape index (κ1) is 11.5. The number of rotatable bonds is 5. The maximum atomic E-state index is 5.90. The van der Waals surface area contributed by atoms with Crippen molar-refractivity contribution in [2.24, 2.45) is 22.8 Å². The highest BCUT2D eigenvalue weighted by atomic mass is 14.6. The lowest BCUT2D eigenvalue weighted by Crippen LogP contribution is -2.40. The topological polar surface area (TPSA) is 52.0 Å². The third kappa shape index (κ3) is 2.25. The van der Waals surface area contributed by atoms with E-state index in [0.29, 0.717) is 19.0 Å². The Hall–Kier alpha value is -0.600. The molecule has 0 saturated heterocycles. The minimum atomic E-state index is 0.125. The fourth-order valence-electron chi connectivity index (χ4n) is 2.17. The molecule has 0 aromatic carbocycles. The lowest BCUT2D eigenvalue weighted by atomic mass is 9.69. The predicted octanol–water partition coefficient (Wildman–Crippen LogP) is 1.82. The van der Waals surface area contributed by atoms with Crippen molar-refractivity contribution in [2.45, 2.75) is 26.2 Å². The highest BCUT2D eigenvalue weighted by molar-refractivity contribution is 5.20. The van der Waals surface area contributed by atoms with Gasteiger partial charge in [-0.15, -0.1) is 0 Å². The quantitative estimate of drug-likeness (QED) is 0.701. The monoisotopic (exact) mass is 194 g/mol. The summed E-state index contributed by atoms with van der Waals surface area (Å²) in [7, 11) is 0. The SMILES string of the molecule is CCCCC1(CN)C=CC=CC1CN. The third-order valence-electron chi connectivity index (χ3n) is 3.25. The van der Waals surface area contributed by atoms with Crippen molar-refractivity contribution in [3.05, 3.63) is 24.3 Å². The second kappa shape index (κ2) is 5.32. The van der Waals surface area contributed by atoms with Crippen LogP contribution in [0, 0.1) is 11.3 Å². The van der Waals surface area contributed by atoms with Gasteiger partial charge < -0.3 is 11.5 Å². The zero-order valence-corrected chi connectivity index (χ0v) is 9.08. The van der Waals surface area contributed by atoms with Crippen LogP contribution < -0.4 is 11.5 Å². The molecule has 0 aromatic heterocycles. The van der Waals surface area contributed by atoms with E-state index in [0.717, 1.165) is 6.42 Å². The van der Waals surface area contributed by atoms with E-state index < -0.39 is 0 Å². The molecule has 0 saturated carbocycles. The van der Waals surface area contributed by atoms with E-state index in [2.05, 4.69) is 31.2 Å². The molecular formula is C12H22N2. The van der Waals surface area contributed by atoms with E-state index in [1.54, 1.807) is 0 Å². The number of unbranched alkanes of at least 4 members (excludes halogenated alkanes) is 1. The van der Waals surface area contributed by atoms with Crippen LogP contribution in [-0.2, 0) is 0 Å². The molecule has 0 heterocycles. The van der Waals surface area contributed by atoms with Gasteiger partial charge in [0.15, 0.2) is 0 Å². The van der Waals surface area contributed by atoms with E-state index >= 15 is 0 Å². The average molecular weight is 194 g/mol. The van der Waals surface area contributed by atoms with Gasteiger partial charge in [-0.3, -0.25) is 0 Å². The summed E-state index contributed by atoms with van der Waals surface area (Å²) in [6.07, 6.45) is 12.2. The lowest BCUT2D eigenvalue weighted by Gasteiger charge is -2.37. The van der Waals surface area contributed by atoms with Gasteiger partial charge in [-0.05, 0) is 18.9 Å². The first-order chi connectivity index (χ1) is 6.79. The highest BCUT2D eigenvalue weighted by Crippen LogP contribution is 2.36. The number of allylic oxidation sites excluding steroid dienone is 2. The normalized spacial score (nSPS) is 30.9. The Morgan fingerprint density at radius 1 is 1.29 bits per heavy atom. The molecule has 0 amide bonds. The van der Waals surface area contributed by atoms with Gasteiger partial charge in [0.05, 0.1) is 0 Å². The fraction of sp³-hybridized carbons (Fsp3) is 0.667. The standard InChI is InChI=1S/C12H22N2/c1-2-3-7-12(10-14)8-5-4-6-11(12)9-13/h4-6,8,11H,2-3,7,9-10,13-14H2,1H3. The van der Waals surface area contributed by atoms with Crippen LogP contribution in [0.25, 0.3) is 0 Å². The van der Waals surface area contributed by atoms with Gasteiger partial charge in [0.2, 0.25) is 0 Å². The van der Waals surface area contributed by atoms with Crippen LogP contribution in [0.15, 0.2) is 24.3 Å². The lowest BCUT2D eigenvalue weighted by molar-refractivity contribution is 0.258. The first-order valence-electron chi connectivity index (χ1n) is 5.55. The van der Waals surface area contributed by atoms with Crippen molar-refractivity contribution in [1.29, 1.82) is 0 Å². The van der Waals surface area contributed by atoms with Crippen molar-refractivity contribution in [2.75, 3.05) is 13.1 Å². The Morgan fingerprint density at radius 3 is 2.64 bits per heavy atom. The maximum absolute atomic E-state index is 5.90. The summed E-state index contributed by atoms with van der Waals surface area (Å²) in [5, 5.41) is 0. The van der Waals surface area contributed by atoms with Gasteiger partial charge >= 0.3 is 0 Å². The summed E-state index contributed by atoms with van der Waals surface area (Å²) < 4.78 is 0. The van der Waals surface area contributed by atoms with E-state index in [9.17, 15) is 0 Å². The summed E-state index contributed by atoms with van der Waals surface area (Å²) in [4.78, 5) is 0. The van der Waals surface area contributed by atoms with Gasteiger partial charge in [0.1, 0.15) is 0 Å². The Balaban J connectivity index is 2.73. The maximum Gasteiger partial charge on any atom is 0.00823 e. The highest BCUT2D eigenvalue weighted by Gasteiger charge is 2.33. The molecule has 0 radical (unpaired) electrons. The van der Waals surface area contributed by atoms with E-state index in [1.165, 1.54) is 12.8 Å². The van der Waals surface area contributed by atoms with Gasteiger partial charge in [-0.1, -0.05) is 44.1 Å².